The number of piperidine rings is 2. The van der Waals surface area contributed by atoms with Crippen LogP contribution in [0.4, 0.5) is 25.2 Å². The molecule has 22 heteroatoms. The minimum Gasteiger partial charge on any atom is -0.445 e. The summed E-state index contributed by atoms with van der Waals surface area (Å²) in [6.07, 6.45) is 5.05. The molecule has 13 rings (SSSR count). The van der Waals surface area contributed by atoms with Crippen LogP contribution < -0.4 is 20.9 Å². The first-order valence-electron chi connectivity index (χ1n) is 24.1. The lowest BCUT2D eigenvalue weighted by Gasteiger charge is -2.42. The van der Waals surface area contributed by atoms with Gasteiger partial charge >= 0.3 is 6.09 Å². The van der Waals surface area contributed by atoms with Crippen LogP contribution >= 0.6 is 23.2 Å². The molecule has 0 saturated carbocycles. The van der Waals surface area contributed by atoms with Crippen molar-refractivity contribution in [1.82, 2.24) is 65.2 Å². The van der Waals surface area contributed by atoms with Crippen LogP contribution in [0.2, 0.25) is 10.0 Å². The van der Waals surface area contributed by atoms with Crippen LogP contribution in [0.1, 0.15) is 55.5 Å². The van der Waals surface area contributed by atoms with Gasteiger partial charge in [0.2, 0.25) is 11.3 Å². The second-order valence-electron chi connectivity index (χ2n) is 19.4. The third kappa shape index (κ3) is 7.81. The molecule has 4 fully saturated rings. The van der Waals surface area contributed by atoms with E-state index in [1.165, 1.54) is 0 Å². The SMILES string of the molecule is Cc1nc2c(-c3ccc4nn(C)cc4c3Cl)[nH]nc2nc1N1[C@H]2CC[C@@H]1[C@@H](F)[C@@H](N)C2.Cc1nc2c(-c3ccc4nn(C)cc4c3Cl)[nH]nc2nc1N1[C@H]2CC[C@@H]1[C@@H](F)[C@@H](NC(=O)OCc1ccccc1)C2. The molecule has 3 aromatic carbocycles. The van der Waals surface area contributed by atoms with E-state index < -0.39 is 36.6 Å². The van der Waals surface area contributed by atoms with Gasteiger partial charge in [-0.05, 0) is 82.2 Å². The van der Waals surface area contributed by atoms with Crippen molar-refractivity contribution in [2.45, 2.75) is 108 Å². The number of amides is 1. The first-order valence-corrected chi connectivity index (χ1v) is 24.8. The van der Waals surface area contributed by atoms with E-state index in [4.69, 9.17) is 53.6 Å². The van der Waals surface area contributed by atoms with Gasteiger partial charge in [-0.1, -0.05) is 53.5 Å². The third-order valence-corrected chi connectivity index (χ3v) is 15.6. The number of nitrogens with two attached hydrogens (primary N) is 1. The van der Waals surface area contributed by atoms with E-state index in [0.717, 1.165) is 63.5 Å². The molecule has 9 aromatic rings. The number of carbonyl (C=O) groups excluding carboxylic acids is 1. The number of aryl methyl sites for hydroxylation is 4. The van der Waals surface area contributed by atoms with Crippen molar-refractivity contribution in [2.24, 2.45) is 19.8 Å². The van der Waals surface area contributed by atoms with Gasteiger partial charge in [0.25, 0.3) is 0 Å². The average Bonchev–Trinajstić information content (AvgIpc) is 4.24. The molecule has 18 nitrogen and oxygen atoms in total. The fraction of sp³-hybridized carbons (Fsp3) is 0.380. The number of nitrogens with one attached hydrogen (secondary N) is 3. The number of halogens is 4. The maximum Gasteiger partial charge on any atom is 0.407 e. The van der Waals surface area contributed by atoms with Gasteiger partial charge in [-0.2, -0.15) is 20.4 Å². The minimum absolute atomic E-state index is 0.0118. The summed E-state index contributed by atoms with van der Waals surface area (Å²) in [6.45, 7) is 3.92. The maximum absolute atomic E-state index is 15.8. The highest BCUT2D eigenvalue weighted by Crippen LogP contribution is 2.44. The van der Waals surface area contributed by atoms with Crippen molar-refractivity contribution >= 4 is 85.1 Å². The summed E-state index contributed by atoms with van der Waals surface area (Å²) >= 11 is 13.5. The van der Waals surface area contributed by atoms with Gasteiger partial charge in [0.1, 0.15) is 30.0 Å². The summed E-state index contributed by atoms with van der Waals surface area (Å²) in [5.74, 6) is 1.31. The fourth-order valence-corrected chi connectivity index (χ4v) is 12.1. The first-order chi connectivity index (χ1) is 34.8. The zero-order valence-electron chi connectivity index (χ0n) is 39.7. The molecule has 4 saturated heterocycles. The van der Waals surface area contributed by atoms with Crippen molar-refractivity contribution in [3.63, 3.8) is 0 Å². The molecule has 0 radical (unpaired) electrons. The number of hydrogen-bond donors (Lipinski definition) is 4. The number of nitrogens with zero attached hydrogens (tertiary/aromatic N) is 12. The number of alkyl halides is 2. The molecule has 6 aromatic heterocycles. The van der Waals surface area contributed by atoms with Gasteiger partial charge in [0.05, 0.1) is 62.0 Å². The van der Waals surface area contributed by atoms with Gasteiger partial charge in [-0.15, -0.1) is 0 Å². The Morgan fingerprint density at radius 3 is 1.78 bits per heavy atom. The van der Waals surface area contributed by atoms with Crippen LogP contribution in [0.3, 0.4) is 0 Å². The summed E-state index contributed by atoms with van der Waals surface area (Å²) in [4.78, 5) is 35.9. The second kappa shape index (κ2) is 17.9. The molecule has 4 aliphatic heterocycles. The number of H-pyrrole nitrogens is 2. The Bertz CT molecular complexity index is 3560. The van der Waals surface area contributed by atoms with Crippen molar-refractivity contribution in [2.75, 3.05) is 9.80 Å². The summed E-state index contributed by atoms with van der Waals surface area (Å²) in [5.41, 5.74) is 15.0. The molecular formula is C50H50Cl2F2N16O2. The minimum atomic E-state index is -1.28. The second-order valence-corrected chi connectivity index (χ2v) is 20.1. The highest BCUT2D eigenvalue weighted by atomic mass is 35.5. The lowest BCUT2D eigenvalue weighted by Crippen LogP contribution is -2.58. The zero-order chi connectivity index (χ0) is 49.7. The number of ether oxygens (including phenoxy) is 1. The maximum atomic E-state index is 15.8. The molecule has 8 atom stereocenters. The monoisotopic (exact) mass is 1010 g/mol. The normalized spacial score (nSPS) is 23.6. The summed E-state index contributed by atoms with van der Waals surface area (Å²) in [5, 5.41) is 29.4. The number of alkyl carbamates (subject to hydrolysis) is 1. The molecule has 0 aliphatic carbocycles. The molecule has 4 bridgehead atoms. The predicted molar refractivity (Wildman–Crippen MR) is 271 cm³/mol. The van der Waals surface area contributed by atoms with Crippen molar-refractivity contribution < 1.29 is 18.3 Å². The standard InChI is InChI=1S/C29H28ClFN8O2.C21H22ClFN8/c1-15-28(34-27-26(32-15)25(35-36-27)18-9-10-20-19(23(18)30)13-38(2)37-20)39-17-8-11-22(39)24(31)21(12-17)33-29(40)41-14-16-6-4-3-5-7-16;1-9-21(31-10-3-6-15(31)17(23)13(24)7-10)26-20-19(25-9)18(27-28-20)11-4-5-14-12(16(11)22)8-30(2)29-14/h3-7,9-10,13,17,21-22,24H,8,11-12,14H2,1-2H3,(H,33,40)(H,34,35,36);4-5,8,10,13,15,17H,3,6-7,24H2,1-2H3,(H,26,27,28)/t17-,21-,22+,24-;10-,13-,15+,17-/m00/s1. The number of carbonyl (C=O) groups is 1. The van der Waals surface area contributed by atoms with E-state index in [-0.39, 0.29) is 24.7 Å². The molecule has 370 valence electrons. The topological polar surface area (TPSA) is 215 Å². The van der Waals surface area contributed by atoms with E-state index in [0.29, 0.717) is 80.4 Å². The van der Waals surface area contributed by atoms with Crippen LogP contribution in [-0.2, 0) is 25.4 Å². The Morgan fingerprint density at radius 1 is 0.722 bits per heavy atom. The molecule has 72 heavy (non-hydrogen) atoms. The number of aromatic nitrogens is 12. The summed E-state index contributed by atoms with van der Waals surface area (Å²) in [7, 11) is 3.71. The summed E-state index contributed by atoms with van der Waals surface area (Å²) in [6, 6.07) is 15.5. The molecule has 5 N–H and O–H groups in total. The molecule has 10 heterocycles. The van der Waals surface area contributed by atoms with E-state index in [9.17, 15) is 9.18 Å². The van der Waals surface area contributed by atoms with E-state index in [1.807, 2.05) is 99.8 Å². The Balaban J connectivity index is 0.000000153. The van der Waals surface area contributed by atoms with Crippen LogP contribution in [0.15, 0.2) is 67.0 Å². The number of benzene rings is 3. The Kier molecular flexibility index (Phi) is 11.5. The highest BCUT2D eigenvalue weighted by molar-refractivity contribution is 6.39. The van der Waals surface area contributed by atoms with Crippen LogP contribution in [0.25, 0.3) is 66.6 Å². The lowest BCUT2D eigenvalue weighted by atomic mass is 9.95. The van der Waals surface area contributed by atoms with Crippen molar-refractivity contribution in [3.05, 3.63) is 94.0 Å². The largest absolute Gasteiger partial charge is 0.445 e. The number of anilines is 2. The van der Waals surface area contributed by atoms with E-state index >= 15 is 4.39 Å². The Labute approximate surface area is 420 Å². The van der Waals surface area contributed by atoms with Crippen LogP contribution in [-0.4, -0.2) is 115 Å². The molecule has 0 unspecified atom stereocenters. The van der Waals surface area contributed by atoms with Gasteiger partial charge in [0, 0.05) is 66.5 Å². The van der Waals surface area contributed by atoms with E-state index in [2.05, 4.69) is 40.8 Å². The zero-order valence-corrected chi connectivity index (χ0v) is 41.2. The Hall–Kier alpha value is -7.03. The van der Waals surface area contributed by atoms with Crippen molar-refractivity contribution in [3.8, 4) is 22.5 Å². The Morgan fingerprint density at radius 2 is 1.24 bits per heavy atom. The smallest absolute Gasteiger partial charge is 0.407 e. The quantitative estimate of drug-likeness (QED) is 0.118. The van der Waals surface area contributed by atoms with E-state index in [1.54, 1.807) is 9.36 Å². The number of aromatic amines is 2. The molecule has 4 aliphatic rings. The predicted octanol–water partition coefficient (Wildman–Crippen LogP) is 8.52. The molecular weight excluding hydrogens is 966 g/mol. The summed E-state index contributed by atoms with van der Waals surface area (Å²) < 4.78 is 39.4. The number of hydrogen-bond acceptors (Lipinski definition) is 13. The van der Waals surface area contributed by atoms with Gasteiger partial charge in [-0.3, -0.25) is 19.6 Å². The van der Waals surface area contributed by atoms with Crippen LogP contribution in [0.5, 0.6) is 0 Å². The van der Waals surface area contributed by atoms with Gasteiger partial charge in [-0.25, -0.2) is 33.5 Å². The van der Waals surface area contributed by atoms with Crippen molar-refractivity contribution in [1.29, 1.82) is 0 Å². The van der Waals surface area contributed by atoms with Crippen LogP contribution in [0, 0.1) is 13.8 Å². The number of fused-ring (bicyclic) bond motifs is 8. The van der Waals surface area contributed by atoms with Gasteiger partial charge in [0.15, 0.2) is 11.6 Å². The third-order valence-electron chi connectivity index (χ3n) is 14.8. The number of rotatable bonds is 7. The molecule has 0 spiro atoms. The average molecular weight is 1020 g/mol. The van der Waals surface area contributed by atoms with Gasteiger partial charge < -0.3 is 25.6 Å². The fourth-order valence-electron chi connectivity index (χ4n) is 11.5. The first kappa shape index (κ1) is 46.1. The highest BCUT2D eigenvalue weighted by Gasteiger charge is 2.50. The lowest BCUT2D eigenvalue weighted by molar-refractivity contribution is 0.117. The molecule has 1 amide bonds.